The standard InChI is InChI=1S/C18H31N5O/c1-22-8-10-23(11-9-22)18-20-13-15(14-21-18)12-19-16-6-4-3-5-7-17(16)24-2/h13-14,16-17,19H,3-12H2,1-2H3/t16-,17+/m1/s1. The largest absolute Gasteiger partial charge is 0.380 e. The second-order valence-electron chi connectivity index (χ2n) is 7.08. The highest BCUT2D eigenvalue weighted by molar-refractivity contribution is 5.30. The van der Waals surface area contributed by atoms with Gasteiger partial charge in [-0.05, 0) is 19.9 Å². The third-order valence-corrected chi connectivity index (χ3v) is 5.30. The van der Waals surface area contributed by atoms with Gasteiger partial charge in [-0.2, -0.15) is 0 Å². The van der Waals surface area contributed by atoms with E-state index in [-0.39, 0.29) is 0 Å². The Hall–Kier alpha value is -1.24. The van der Waals surface area contributed by atoms with E-state index in [0.29, 0.717) is 12.1 Å². The number of hydrogen-bond acceptors (Lipinski definition) is 6. The van der Waals surface area contributed by atoms with Crippen molar-refractivity contribution >= 4 is 5.95 Å². The molecule has 0 aromatic carbocycles. The molecule has 6 heteroatoms. The summed E-state index contributed by atoms with van der Waals surface area (Å²) in [6.07, 6.45) is 10.5. The number of nitrogens with one attached hydrogen (secondary N) is 1. The van der Waals surface area contributed by atoms with Crippen LogP contribution in [0.3, 0.4) is 0 Å². The van der Waals surface area contributed by atoms with Gasteiger partial charge in [-0.3, -0.25) is 0 Å². The van der Waals surface area contributed by atoms with Crippen molar-refractivity contribution in [3.8, 4) is 0 Å². The van der Waals surface area contributed by atoms with Gasteiger partial charge >= 0.3 is 0 Å². The van der Waals surface area contributed by atoms with Gasteiger partial charge < -0.3 is 19.9 Å². The molecule has 1 aliphatic heterocycles. The van der Waals surface area contributed by atoms with Crippen LogP contribution in [0.2, 0.25) is 0 Å². The van der Waals surface area contributed by atoms with Gasteiger partial charge in [0.15, 0.2) is 0 Å². The first-order valence-electron chi connectivity index (χ1n) is 9.27. The summed E-state index contributed by atoms with van der Waals surface area (Å²) >= 11 is 0. The number of likely N-dealkylation sites (N-methyl/N-ethyl adjacent to an activating group) is 1. The van der Waals surface area contributed by atoms with Crippen LogP contribution in [0.4, 0.5) is 5.95 Å². The highest BCUT2D eigenvalue weighted by atomic mass is 16.5. The van der Waals surface area contributed by atoms with Gasteiger partial charge in [-0.25, -0.2) is 9.97 Å². The Morgan fingerprint density at radius 2 is 1.79 bits per heavy atom. The van der Waals surface area contributed by atoms with Crippen molar-refractivity contribution in [3.63, 3.8) is 0 Å². The highest BCUT2D eigenvalue weighted by Crippen LogP contribution is 2.20. The molecule has 0 spiro atoms. The number of aromatic nitrogens is 2. The topological polar surface area (TPSA) is 53.5 Å². The van der Waals surface area contributed by atoms with Crippen molar-refractivity contribution in [2.24, 2.45) is 0 Å². The van der Waals surface area contributed by atoms with E-state index in [9.17, 15) is 0 Å². The fraction of sp³-hybridized carbons (Fsp3) is 0.778. The molecule has 0 radical (unpaired) electrons. The molecule has 1 saturated heterocycles. The van der Waals surface area contributed by atoms with Gasteiger partial charge in [0.05, 0.1) is 6.10 Å². The zero-order chi connectivity index (χ0) is 16.8. The smallest absolute Gasteiger partial charge is 0.225 e. The van der Waals surface area contributed by atoms with E-state index >= 15 is 0 Å². The van der Waals surface area contributed by atoms with Crippen molar-refractivity contribution in [2.45, 2.75) is 50.8 Å². The molecule has 2 atom stereocenters. The normalized spacial score (nSPS) is 26.3. The Bertz CT molecular complexity index is 487. The minimum Gasteiger partial charge on any atom is -0.380 e. The third kappa shape index (κ3) is 4.65. The molecule has 2 fully saturated rings. The minimum absolute atomic E-state index is 0.332. The summed E-state index contributed by atoms with van der Waals surface area (Å²) in [5.74, 6) is 0.857. The van der Waals surface area contributed by atoms with Gasteiger partial charge in [0.1, 0.15) is 0 Å². The summed E-state index contributed by atoms with van der Waals surface area (Å²) in [6.45, 7) is 4.98. The van der Waals surface area contributed by atoms with E-state index in [2.05, 4.69) is 32.1 Å². The lowest BCUT2D eigenvalue weighted by Crippen LogP contribution is -2.45. The predicted molar refractivity (Wildman–Crippen MR) is 96.3 cm³/mol. The van der Waals surface area contributed by atoms with Crippen LogP contribution >= 0.6 is 0 Å². The maximum absolute atomic E-state index is 5.67. The van der Waals surface area contributed by atoms with Gasteiger partial charge in [0.25, 0.3) is 0 Å². The molecular formula is C18H31N5O. The number of anilines is 1. The Labute approximate surface area is 145 Å². The first-order valence-corrected chi connectivity index (χ1v) is 9.27. The van der Waals surface area contributed by atoms with E-state index < -0.39 is 0 Å². The molecule has 0 bridgehead atoms. The second kappa shape index (κ2) is 8.74. The number of piperazine rings is 1. The average Bonchev–Trinajstić information content (AvgIpc) is 2.86. The quantitative estimate of drug-likeness (QED) is 0.827. The Morgan fingerprint density at radius 1 is 1.08 bits per heavy atom. The summed E-state index contributed by atoms with van der Waals surface area (Å²) in [5.41, 5.74) is 1.15. The number of nitrogens with zero attached hydrogens (tertiary/aromatic N) is 4. The van der Waals surface area contributed by atoms with Crippen LogP contribution < -0.4 is 10.2 Å². The van der Waals surface area contributed by atoms with Crippen molar-refractivity contribution in [1.82, 2.24) is 20.2 Å². The van der Waals surface area contributed by atoms with E-state index in [1.807, 2.05) is 19.5 Å². The SMILES string of the molecule is CO[C@H]1CCCCC[C@H]1NCc1cnc(N2CCN(C)CC2)nc1. The summed E-state index contributed by atoms with van der Waals surface area (Å²) < 4.78 is 5.67. The molecule has 6 nitrogen and oxygen atoms in total. The van der Waals surface area contributed by atoms with Gasteiger partial charge in [-0.1, -0.05) is 19.3 Å². The fourth-order valence-corrected chi connectivity index (χ4v) is 3.65. The third-order valence-electron chi connectivity index (χ3n) is 5.30. The maximum Gasteiger partial charge on any atom is 0.225 e. The lowest BCUT2D eigenvalue weighted by molar-refractivity contribution is 0.0625. The Kier molecular flexibility index (Phi) is 6.40. The number of ether oxygens (including phenoxy) is 1. The van der Waals surface area contributed by atoms with Crippen LogP contribution in [0.25, 0.3) is 0 Å². The van der Waals surface area contributed by atoms with E-state index in [4.69, 9.17) is 4.74 Å². The number of rotatable bonds is 5. The highest BCUT2D eigenvalue weighted by Gasteiger charge is 2.23. The minimum atomic E-state index is 0.332. The molecule has 24 heavy (non-hydrogen) atoms. The van der Waals surface area contributed by atoms with E-state index in [0.717, 1.165) is 50.7 Å². The molecule has 0 unspecified atom stereocenters. The number of hydrogen-bond donors (Lipinski definition) is 1. The number of methoxy groups -OCH3 is 1. The molecule has 1 N–H and O–H groups in total. The lowest BCUT2D eigenvalue weighted by atomic mass is 10.1. The predicted octanol–water partition coefficient (Wildman–Crippen LogP) is 1.67. The van der Waals surface area contributed by atoms with Crippen LogP contribution in [-0.4, -0.2) is 67.4 Å². The lowest BCUT2D eigenvalue weighted by Gasteiger charge is -2.32. The molecule has 1 aliphatic carbocycles. The van der Waals surface area contributed by atoms with Gasteiger partial charge in [0.2, 0.25) is 5.95 Å². The summed E-state index contributed by atoms with van der Waals surface area (Å²) in [5, 5.41) is 3.66. The molecule has 1 saturated carbocycles. The zero-order valence-corrected chi connectivity index (χ0v) is 15.1. The molecule has 3 rings (SSSR count). The summed E-state index contributed by atoms with van der Waals surface area (Å²) in [7, 11) is 3.99. The Morgan fingerprint density at radius 3 is 2.50 bits per heavy atom. The van der Waals surface area contributed by atoms with E-state index in [1.54, 1.807) is 0 Å². The molecule has 2 aliphatic rings. The molecule has 1 aromatic rings. The maximum atomic E-state index is 5.67. The van der Waals surface area contributed by atoms with Crippen molar-refractivity contribution in [1.29, 1.82) is 0 Å². The van der Waals surface area contributed by atoms with Crippen LogP contribution in [0.15, 0.2) is 12.4 Å². The molecule has 2 heterocycles. The van der Waals surface area contributed by atoms with Crippen molar-refractivity contribution < 1.29 is 4.74 Å². The Balaban J connectivity index is 1.52. The average molecular weight is 333 g/mol. The van der Waals surface area contributed by atoms with Crippen LogP contribution in [0.5, 0.6) is 0 Å². The first kappa shape index (κ1) is 17.6. The summed E-state index contributed by atoms with van der Waals surface area (Å²) in [6, 6.07) is 0.440. The molecule has 0 amide bonds. The van der Waals surface area contributed by atoms with E-state index in [1.165, 1.54) is 25.7 Å². The fourth-order valence-electron chi connectivity index (χ4n) is 3.65. The van der Waals surface area contributed by atoms with Crippen LogP contribution in [-0.2, 0) is 11.3 Å². The van der Waals surface area contributed by atoms with Crippen LogP contribution in [0.1, 0.15) is 37.7 Å². The summed E-state index contributed by atoms with van der Waals surface area (Å²) in [4.78, 5) is 13.8. The van der Waals surface area contributed by atoms with Gasteiger partial charge in [-0.15, -0.1) is 0 Å². The molecule has 1 aromatic heterocycles. The van der Waals surface area contributed by atoms with Crippen LogP contribution in [0, 0.1) is 0 Å². The second-order valence-corrected chi connectivity index (χ2v) is 7.08. The molecule has 134 valence electrons. The van der Waals surface area contributed by atoms with Gasteiger partial charge in [0, 0.05) is 63.8 Å². The first-order chi connectivity index (χ1) is 11.8. The molecular weight excluding hydrogens is 302 g/mol. The monoisotopic (exact) mass is 333 g/mol. The van der Waals surface area contributed by atoms with Crippen molar-refractivity contribution in [2.75, 3.05) is 45.2 Å². The zero-order valence-electron chi connectivity index (χ0n) is 15.1. The van der Waals surface area contributed by atoms with Crippen molar-refractivity contribution in [3.05, 3.63) is 18.0 Å².